The molecule has 1 rings (SSSR count). The van der Waals surface area contributed by atoms with Gasteiger partial charge in [0.25, 0.3) is 0 Å². The molecule has 21 heavy (non-hydrogen) atoms. The summed E-state index contributed by atoms with van der Waals surface area (Å²) in [4.78, 5) is 4.94. The maximum atomic E-state index is 9.81. The van der Waals surface area contributed by atoms with Crippen LogP contribution in [0.25, 0.3) is 0 Å². The van der Waals surface area contributed by atoms with Crippen molar-refractivity contribution < 1.29 is 5.11 Å². The fraction of sp³-hybridized carbons (Fsp3) is 1.00. The summed E-state index contributed by atoms with van der Waals surface area (Å²) in [6, 6.07) is 1.15. The summed E-state index contributed by atoms with van der Waals surface area (Å²) in [5.74, 6) is 0. The molecule has 2 N–H and O–H groups in total. The van der Waals surface area contributed by atoms with Crippen LogP contribution in [-0.2, 0) is 0 Å². The predicted octanol–water partition coefficient (Wildman–Crippen LogP) is 1.93. The topological polar surface area (TPSA) is 38.7 Å². The van der Waals surface area contributed by atoms with Gasteiger partial charge >= 0.3 is 0 Å². The number of aliphatic hydroxyl groups excluding tert-OH is 1. The summed E-state index contributed by atoms with van der Waals surface area (Å²) < 4.78 is 0. The van der Waals surface area contributed by atoms with Crippen molar-refractivity contribution >= 4 is 0 Å². The van der Waals surface area contributed by atoms with Gasteiger partial charge in [-0.15, -0.1) is 0 Å². The van der Waals surface area contributed by atoms with Gasteiger partial charge in [-0.05, 0) is 59.3 Å². The van der Waals surface area contributed by atoms with E-state index in [0.29, 0.717) is 6.04 Å². The second-order valence-corrected chi connectivity index (χ2v) is 7.29. The van der Waals surface area contributed by atoms with Gasteiger partial charge in [0.2, 0.25) is 0 Å². The van der Waals surface area contributed by atoms with E-state index in [0.717, 1.165) is 25.3 Å². The number of likely N-dealkylation sites (N-methyl/N-ethyl adjacent to an activating group) is 1. The molecule has 1 aliphatic rings. The first-order valence-electron chi connectivity index (χ1n) is 8.70. The lowest BCUT2D eigenvalue weighted by Crippen LogP contribution is -2.51. The van der Waals surface area contributed by atoms with Crippen LogP contribution >= 0.6 is 0 Å². The molecule has 0 spiro atoms. The highest BCUT2D eigenvalue weighted by Gasteiger charge is 2.29. The minimum absolute atomic E-state index is 0.0923. The zero-order valence-electron chi connectivity index (χ0n) is 14.9. The Morgan fingerprint density at radius 1 is 1.38 bits per heavy atom. The summed E-state index contributed by atoms with van der Waals surface area (Å²) in [5, 5.41) is 13.4. The van der Waals surface area contributed by atoms with Gasteiger partial charge in [-0.3, -0.25) is 4.90 Å². The molecule has 0 aliphatic carbocycles. The number of nitrogens with zero attached hydrogens (tertiary/aromatic N) is 2. The van der Waals surface area contributed by atoms with Gasteiger partial charge in [0.15, 0.2) is 0 Å². The Morgan fingerprint density at radius 2 is 2.10 bits per heavy atom. The van der Waals surface area contributed by atoms with Crippen molar-refractivity contribution in [2.75, 3.05) is 40.3 Å². The van der Waals surface area contributed by atoms with Gasteiger partial charge in [0, 0.05) is 24.2 Å². The lowest BCUT2D eigenvalue weighted by atomic mass is 9.90. The first kappa shape index (κ1) is 18.9. The van der Waals surface area contributed by atoms with Crippen LogP contribution in [0.1, 0.15) is 52.9 Å². The Bertz CT molecular complexity index is 277. The van der Waals surface area contributed by atoms with E-state index in [1.165, 1.54) is 32.5 Å². The number of hydrogen-bond donors (Lipinski definition) is 2. The molecule has 2 unspecified atom stereocenters. The molecule has 1 saturated heterocycles. The minimum Gasteiger partial charge on any atom is -0.394 e. The molecule has 0 aromatic rings. The summed E-state index contributed by atoms with van der Waals surface area (Å²) >= 11 is 0. The Kier molecular flexibility index (Phi) is 8.17. The van der Waals surface area contributed by atoms with E-state index in [1.54, 1.807) is 0 Å². The van der Waals surface area contributed by atoms with E-state index in [9.17, 15) is 5.11 Å². The Balaban J connectivity index is 2.42. The fourth-order valence-corrected chi connectivity index (χ4v) is 3.64. The molecule has 2 atom stereocenters. The molecule has 0 radical (unpaired) electrons. The van der Waals surface area contributed by atoms with E-state index < -0.39 is 0 Å². The average Bonchev–Trinajstić information content (AvgIpc) is 2.83. The van der Waals surface area contributed by atoms with Crippen molar-refractivity contribution in [1.82, 2.24) is 15.1 Å². The van der Waals surface area contributed by atoms with Gasteiger partial charge < -0.3 is 15.3 Å². The van der Waals surface area contributed by atoms with Crippen LogP contribution in [-0.4, -0.2) is 72.9 Å². The molecule has 0 saturated carbocycles. The second kappa shape index (κ2) is 9.09. The molecular weight excluding hydrogens is 262 g/mol. The number of likely N-dealkylation sites (tertiary alicyclic amines) is 1. The van der Waals surface area contributed by atoms with Crippen LogP contribution in [0.3, 0.4) is 0 Å². The molecule has 0 bridgehead atoms. The first-order chi connectivity index (χ1) is 9.92. The number of rotatable bonds is 10. The summed E-state index contributed by atoms with van der Waals surface area (Å²) in [7, 11) is 4.33. The Hall–Kier alpha value is -0.160. The zero-order chi connectivity index (χ0) is 15.9. The third kappa shape index (κ3) is 6.23. The highest BCUT2D eigenvalue weighted by Crippen LogP contribution is 2.22. The molecule has 0 aromatic carbocycles. The van der Waals surface area contributed by atoms with E-state index >= 15 is 0 Å². The normalized spacial score (nSPS) is 23.1. The second-order valence-electron chi connectivity index (χ2n) is 7.29. The van der Waals surface area contributed by atoms with Crippen LogP contribution in [0, 0.1) is 0 Å². The maximum absolute atomic E-state index is 9.81. The van der Waals surface area contributed by atoms with Gasteiger partial charge in [0.05, 0.1) is 6.61 Å². The number of aliphatic hydroxyl groups is 1. The van der Waals surface area contributed by atoms with Crippen molar-refractivity contribution in [3.63, 3.8) is 0 Å². The van der Waals surface area contributed by atoms with Crippen LogP contribution in [0.15, 0.2) is 0 Å². The summed E-state index contributed by atoms with van der Waals surface area (Å²) in [5.41, 5.74) is -0.0923. The fourth-order valence-electron chi connectivity index (χ4n) is 3.64. The maximum Gasteiger partial charge on any atom is 0.0613 e. The highest BCUT2D eigenvalue weighted by molar-refractivity contribution is 4.88. The third-order valence-electron chi connectivity index (χ3n) is 4.75. The van der Waals surface area contributed by atoms with Gasteiger partial charge in [0.1, 0.15) is 0 Å². The lowest BCUT2D eigenvalue weighted by molar-refractivity contribution is 0.126. The van der Waals surface area contributed by atoms with Crippen molar-refractivity contribution in [1.29, 1.82) is 0 Å². The standard InChI is InChI=1S/C17H37N3O/c1-6-17(14-21,18-15(2)3)10-8-12-20-11-7-9-16(20)13-19(4)5/h15-16,18,21H,6-14H2,1-5H3. The molecule has 0 amide bonds. The van der Waals surface area contributed by atoms with Gasteiger partial charge in [-0.2, -0.15) is 0 Å². The van der Waals surface area contributed by atoms with Crippen molar-refractivity contribution in [2.45, 2.75) is 70.5 Å². The number of hydrogen-bond acceptors (Lipinski definition) is 4. The first-order valence-corrected chi connectivity index (χ1v) is 8.70. The molecule has 1 aliphatic heterocycles. The monoisotopic (exact) mass is 299 g/mol. The Morgan fingerprint density at radius 3 is 2.62 bits per heavy atom. The molecule has 126 valence electrons. The quantitative estimate of drug-likeness (QED) is 0.646. The van der Waals surface area contributed by atoms with Crippen molar-refractivity contribution in [2.24, 2.45) is 0 Å². The minimum atomic E-state index is -0.0923. The van der Waals surface area contributed by atoms with E-state index in [4.69, 9.17) is 0 Å². The van der Waals surface area contributed by atoms with E-state index in [1.807, 2.05) is 0 Å². The van der Waals surface area contributed by atoms with Crippen molar-refractivity contribution in [3.8, 4) is 0 Å². The average molecular weight is 300 g/mol. The van der Waals surface area contributed by atoms with Gasteiger partial charge in [-0.1, -0.05) is 20.8 Å². The molecular formula is C17H37N3O. The summed E-state index contributed by atoms with van der Waals surface area (Å²) in [6.45, 7) is 10.3. The zero-order valence-corrected chi connectivity index (χ0v) is 14.9. The van der Waals surface area contributed by atoms with Crippen LogP contribution in [0.2, 0.25) is 0 Å². The van der Waals surface area contributed by atoms with E-state index in [-0.39, 0.29) is 12.1 Å². The molecule has 4 heteroatoms. The lowest BCUT2D eigenvalue weighted by Gasteiger charge is -2.35. The van der Waals surface area contributed by atoms with Gasteiger partial charge in [-0.25, -0.2) is 0 Å². The number of nitrogens with one attached hydrogen (secondary N) is 1. The third-order valence-corrected chi connectivity index (χ3v) is 4.75. The molecule has 0 aromatic heterocycles. The van der Waals surface area contributed by atoms with Crippen LogP contribution < -0.4 is 5.32 Å². The smallest absolute Gasteiger partial charge is 0.0613 e. The predicted molar refractivity (Wildman–Crippen MR) is 90.8 cm³/mol. The molecule has 4 nitrogen and oxygen atoms in total. The molecule has 1 fully saturated rings. The van der Waals surface area contributed by atoms with E-state index in [2.05, 4.69) is 50.0 Å². The highest BCUT2D eigenvalue weighted by atomic mass is 16.3. The largest absolute Gasteiger partial charge is 0.394 e. The SMILES string of the molecule is CCC(CO)(CCCN1CCCC1CN(C)C)NC(C)C. The van der Waals surface area contributed by atoms with Crippen molar-refractivity contribution in [3.05, 3.63) is 0 Å². The molecule has 1 heterocycles. The van der Waals surface area contributed by atoms with Crippen LogP contribution in [0.5, 0.6) is 0 Å². The Labute approximate surface area is 131 Å². The van der Waals surface area contributed by atoms with Crippen LogP contribution in [0.4, 0.5) is 0 Å². The summed E-state index contributed by atoms with van der Waals surface area (Å²) in [6.07, 6.45) is 5.88.